The lowest BCUT2D eigenvalue weighted by molar-refractivity contribution is 0.158. The van der Waals surface area contributed by atoms with E-state index in [1.165, 1.54) is 12.8 Å². The number of aryl methyl sites for hydroxylation is 1. The van der Waals surface area contributed by atoms with Crippen LogP contribution in [0.1, 0.15) is 37.4 Å². The molecule has 2 rings (SSSR count). The molecule has 0 unspecified atom stereocenters. The molecule has 0 aromatic carbocycles. The molecule has 0 radical (unpaired) electrons. The molecular weight excluding hydrogens is 194 g/mol. The molecule has 1 aromatic heterocycles. The maximum atomic E-state index is 9.37. The molecule has 0 atom stereocenters. The van der Waals surface area contributed by atoms with Gasteiger partial charge in [0.25, 0.3) is 0 Å². The Balaban J connectivity index is 1.91. The van der Waals surface area contributed by atoms with E-state index < -0.39 is 0 Å². The standard InChI is InChI=1S/C10H17N3O2/c1-8-12-9(15-13-8)6-11-10(7-14)4-2-3-5-10/h11,14H,2-7H2,1H3. The largest absolute Gasteiger partial charge is 0.394 e. The van der Waals surface area contributed by atoms with Crippen LogP contribution in [0, 0.1) is 6.92 Å². The van der Waals surface area contributed by atoms with Crippen molar-refractivity contribution in [2.45, 2.75) is 44.7 Å². The molecule has 0 saturated heterocycles. The third kappa shape index (κ3) is 2.35. The molecule has 84 valence electrons. The number of hydrogen-bond acceptors (Lipinski definition) is 5. The normalized spacial score (nSPS) is 19.6. The Morgan fingerprint density at radius 3 is 2.73 bits per heavy atom. The van der Waals surface area contributed by atoms with E-state index in [1.54, 1.807) is 6.92 Å². The van der Waals surface area contributed by atoms with E-state index in [9.17, 15) is 5.11 Å². The molecule has 2 N–H and O–H groups in total. The van der Waals surface area contributed by atoms with E-state index in [4.69, 9.17) is 4.52 Å². The Hall–Kier alpha value is -0.940. The van der Waals surface area contributed by atoms with Crippen molar-refractivity contribution in [3.63, 3.8) is 0 Å². The van der Waals surface area contributed by atoms with E-state index in [0.717, 1.165) is 12.8 Å². The predicted octanol–water partition coefficient (Wildman–Crippen LogP) is 0.773. The van der Waals surface area contributed by atoms with Crippen LogP contribution in [0.4, 0.5) is 0 Å². The molecule has 15 heavy (non-hydrogen) atoms. The molecule has 1 saturated carbocycles. The molecule has 1 aliphatic rings. The van der Waals surface area contributed by atoms with Crippen LogP contribution in [0.2, 0.25) is 0 Å². The lowest BCUT2D eigenvalue weighted by Crippen LogP contribution is -2.45. The zero-order valence-corrected chi connectivity index (χ0v) is 8.99. The molecule has 0 bridgehead atoms. The highest BCUT2D eigenvalue weighted by atomic mass is 16.5. The lowest BCUT2D eigenvalue weighted by atomic mass is 9.99. The Morgan fingerprint density at radius 1 is 1.47 bits per heavy atom. The molecule has 0 amide bonds. The lowest BCUT2D eigenvalue weighted by Gasteiger charge is -2.27. The summed E-state index contributed by atoms with van der Waals surface area (Å²) in [6.45, 7) is 2.52. The van der Waals surface area contributed by atoms with Crippen molar-refractivity contribution in [2.24, 2.45) is 0 Å². The fraction of sp³-hybridized carbons (Fsp3) is 0.800. The third-order valence-corrected chi connectivity index (χ3v) is 3.05. The summed E-state index contributed by atoms with van der Waals surface area (Å²) in [5, 5.41) is 16.4. The summed E-state index contributed by atoms with van der Waals surface area (Å²) in [7, 11) is 0. The SMILES string of the molecule is Cc1noc(CNC2(CO)CCCC2)n1. The monoisotopic (exact) mass is 211 g/mol. The molecular formula is C10H17N3O2. The maximum Gasteiger partial charge on any atom is 0.240 e. The Morgan fingerprint density at radius 2 is 2.20 bits per heavy atom. The van der Waals surface area contributed by atoms with Crippen LogP contribution in [-0.2, 0) is 6.54 Å². The number of hydrogen-bond donors (Lipinski definition) is 2. The minimum atomic E-state index is -0.123. The maximum absolute atomic E-state index is 9.37. The summed E-state index contributed by atoms with van der Waals surface area (Å²) in [6, 6.07) is 0. The third-order valence-electron chi connectivity index (χ3n) is 3.05. The second-order valence-electron chi connectivity index (χ2n) is 4.23. The summed E-state index contributed by atoms with van der Waals surface area (Å²) < 4.78 is 5.01. The zero-order valence-electron chi connectivity index (χ0n) is 8.99. The first-order valence-corrected chi connectivity index (χ1v) is 5.39. The number of nitrogens with zero attached hydrogens (tertiary/aromatic N) is 2. The van der Waals surface area contributed by atoms with Crippen LogP contribution >= 0.6 is 0 Å². The van der Waals surface area contributed by atoms with Crippen LogP contribution in [0.15, 0.2) is 4.52 Å². The fourth-order valence-electron chi connectivity index (χ4n) is 2.12. The first kappa shape index (κ1) is 10.6. The molecule has 0 aliphatic heterocycles. The summed E-state index contributed by atoms with van der Waals surface area (Å²) in [6.07, 6.45) is 4.40. The number of aliphatic hydroxyl groups is 1. The quantitative estimate of drug-likeness (QED) is 0.769. The van der Waals surface area contributed by atoms with E-state index in [-0.39, 0.29) is 12.1 Å². The molecule has 5 nitrogen and oxygen atoms in total. The molecule has 1 aliphatic carbocycles. The highest BCUT2D eigenvalue weighted by molar-refractivity contribution is 4.94. The summed E-state index contributed by atoms with van der Waals surface area (Å²) >= 11 is 0. The van der Waals surface area contributed by atoms with Crippen LogP contribution in [0.5, 0.6) is 0 Å². The summed E-state index contributed by atoms with van der Waals surface area (Å²) in [5.41, 5.74) is -0.123. The predicted molar refractivity (Wildman–Crippen MR) is 54.2 cm³/mol. The Bertz CT molecular complexity index is 318. The van der Waals surface area contributed by atoms with Gasteiger partial charge in [-0.25, -0.2) is 0 Å². The van der Waals surface area contributed by atoms with Crippen LogP contribution in [-0.4, -0.2) is 27.4 Å². The molecule has 1 aromatic rings. The van der Waals surface area contributed by atoms with E-state index in [2.05, 4.69) is 15.5 Å². The number of aromatic nitrogens is 2. The van der Waals surface area contributed by atoms with Gasteiger partial charge < -0.3 is 14.9 Å². The van der Waals surface area contributed by atoms with Gasteiger partial charge in [-0.05, 0) is 19.8 Å². The summed E-state index contributed by atoms with van der Waals surface area (Å²) in [5.74, 6) is 1.24. The van der Waals surface area contributed by atoms with Crippen molar-refractivity contribution in [3.05, 3.63) is 11.7 Å². The second kappa shape index (κ2) is 4.28. The van der Waals surface area contributed by atoms with Crippen molar-refractivity contribution in [1.82, 2.24) is 15.5 Å². The molecule has 5 heteroatoms. The topological polar surface area (TPSA) is 71.2 Å². The van der Waals surface area contributed by atoms with Crippen molar-refractivity contribution in [2.75, 3.05) is 6.61 Å². The highest BCUT2D eigenvalue weighted by Gasteiger charge is 2.32. The van der Waals surface area contributed by atoms with Crippen molar-refractivity contribution in [1.29, 1.82) is 0 Å². The first-order chi connectivity index (χ1) is 7.24. The second-order valence-corrected chi connectivity index (χ2v) is 4.23. The van der Waals surface area contributed by atoms with Crippen LogP contribution in [0.25, 0.3) is 0 Å². The van der Waals surface area contributed by atoms with Gasteiger partial charge in [-0.1, -0.05) is 18.0 Å². The van der Waals surface area contributed by atoms with E-state index in [1.807, 2.05) is 0 Å². The summed E-state index contributed by atoms with van der Waals surface area (Å²) in [4.78, 5) is 4.12. The van der Waals surface area contributed by atoms with Gasteiger partial charge in [-0.15, -0.1) is 0 Å². The number of rotatable bonds is 4. The van der Waals surface area contributed by atoms with Gasteiger partial charge in [0.05, 0.1) is 13.2 Å². The first-order valence-electron chi connectivity index (χ1n) is 5.39. The minimum absolute atomic E-state index is 0.123. The van der Waals surface area contributed by atoms with Crippen molar-refractivity contribution < 1.29 is 9.63 Å². The van der Waals surface area contributed by atoms with Gasteiger partial charge in [0, 0.05) is 5.54 Å². The molecule has 0 spiro atoms. The van der Waals surface area contributed by atoms with E-state index >= 15 is 0 Å². The van der Waals surface area contributed by atoms with Gasteiger partial charge >= 0.3 is 0 Å². The zero-order chi connectivity index (χ0) is 10.7. The Kier molecular flexibility index (Phi) is 3.02. The smallest absolute Gasteiger partial charge is 0.240 e. The number of nitrogens with one attached hydrogen (secondary N) is 1. The minimum Gasteiger partial charge on any atom is -0.394 e. The van der Waals surface area contributed by atoms with Gasteiger partial charge in [0.1, 0.15) is 0 Å². The Labute approximate surface area is 88.9 Å². The number of aliphatic hydroxyl groups excluding tert-OH is 1. The van der Waals surface area contributed by atoms with Crippen LogP contribution < -0.4 is 5.32 Å². The fourth-order valence-corrected chi connectivity index (χ4v) is 2.12. The highest BCUT2D eigenvalue weighted by Crippen LogP contribution is 2.29. The van der Waals surface area contributed by atoms with Gasteiger partial charge in [0.2, 0.25) is 5.89 Å². The average Bonchev–Trinajstić information content (AvgIpc) is 2.85. The van der Waals surface area contributed by atoms with E-state index in [0.29, 0.717) is 18.3 Å². The van der Waals surface area contributed by atoms with Gasteiger partial charge in [-0.3, -0.25) is 0 Å². The molecule has 1 heterocycles. The van der Waals surface area contributed by atoms with Crippen LogP contribution in [0.3, 0.4) is 0 Å². The average molecular weight is 211 g/mol. The van der Waals surface area contributed by atoms with Gasteiger partial charge in [-0.2, -0.15) is 4.98 Å². The van der Waals surface area contributed by atoms with Crippen molar-refractivity contribution >= 4 is 0 Å². The molecule has 1 fully saturated rings. The van der Waals surface area contributed by atoms with Crippen molar-refractivity contribution in [3.8, 4) is 0 Å². The van der Waals surface area contributed by atoms with Gasteiger partial charge in [0.15, 0.2) is 5.82 Å².